The second-order valence-electron chi connectivity index (χ2n) is 4.64. The number of benzene rings is 1. The summed E-state index contributed by atoms with van der Waals surface area (Å²) in [5.74, 6) is -1.54. The van der Waals surface area contributed by atoms with E-state index in [1.165, 1.54) is 0 Å². The van der Waals surface area contributed by atoms with Crippen LogP contribution in [0.2, 0.25) is 0 Å². The maximum Gasteiger partial charge on any atom is 0.416 e. The van der Waals surface area contributed by atoms with Gasteiger partial charge in [0.05, 0.1) is 11.1 Å². The van der Waals surface area contributed by atoms with E-state index in [9.17, 15) is 31.1 Å². The van der Waals surface area contributed by atoms with E-state index < -0.39 is 40.6 Å². The summed E-state index contributed by atoms with van der Waals surface area (Å²) in [7, 11) is 0. The Labute approximate surface area is 132 Å². The van der Waals surface area contributed by atoms with Crippen molar-refractivity contribution in [1.29, 1.82) is 0 Å². The van der Waals surface area contributed by atoms with Crippen molar-refractivity contribution in [3.63, 3.8) is 0 Å². The van der Waals surface area contributed by atoms with Crippen molar-refractivity contribution >= 4 is 12.2 Å². The molecule has 0 fully saturated rings. The van der Waals surface area contributed by atoms with Gasteiger partial charge in [0.25, 0.3) is 0 Å². The predicted octanol–water partition coefficient (Wildman–Crippen LogP) is 4.34. The molecule has 0 saturated heterocycles. The van der Waals surface area contributed by atoms with Crippen LogP contribution in [0.1, 0.15) is 16.7 Å². The van der Waals surface area contributed by atoms with Crippen LogP contribution >= 0.6 is 0 Å². The first-order valence-corrected chi connectivity index (χ1v) is 6.21. The highest BCUT2D eigenvalue weighted by molar-refractivity contribution is 5.89. The summed E-state index contributed by atoms with van der Waals surface area (Å²) in [6, 6.07) is 0.817. The van der Waals surface area contributed by atoms with E-state index in [4.69, 9.17) is 5.11 Å². The second-order valence-corrected chi connectivity index (χ2v) is 4.64. The highest BCUT2D eigenvalue weighted by Gasteiger charge is 2.37. The number of aliphatic carboxylic acids is 1. The highest BCUT2D eigenvalue weighted by Crippen LogP contribution is 2.36. The number of hydrogen-bond acceptors (Lipinski definition) is 2. The van der Waals surface area contributed by atoms with Gasteiger partial charge >= 0.3 is 18.3 Å². The van der Waals surface area contributed by atoms with E-state index in [1.54, 1.807) is 0 Å². The average molecular weight is 351 g/mol. The molecule has 0 bridgehead atoms. The number of aliphatic imine (C=N–C) groups is 1. The van der Waals surface area contributed by atoms with Crippen LogP contribution in [0.15, 0.2) is 48.5 Å². The Morgan fingerprint density at radius 3 is 1.67 bits per heavy atom. The molecule has 1 rings (SSSR count). The zero-order chi connectivity index (χ0) is 18.8. The standard InChI is InChI=1S/C15H11F6NO2/c1-3-13(4-2,12(23)24)22-8-9-5-10(14(16,17)18)7-11(6-9)15(19,20)21/h3-8H,1-2H2,(H,23,24). The van der Waals surface area contributed by atoms with Gasteiger partial charge in [-0.1, -0.05) is 13.2 Å². The van der Waals surface area contributed by atoms with Gasteiger partial charge in [-0.25, -0.2) is 4.79 Å². The topological polar surface area (TPSA) is 49.7 Å². The largest absolute Gasteiger partial charge is 0.479 e. The molecule has 0 radical (unpaired) electrons. The number of carboxylic acids is 1. The molecule has 0 amide bonds. The van der Waals surface area contributed by atoms with Crippen molar-refractivity contribution in [1.82, 2.24) is 0 Å². The lowest BCUT2D eigenvalue weighted by molar-refractivity contribution is -0.143. The van der Waals surface area contributed by atoms with Gasteiger partial charge in [-0.2, -0.15) is 26.3 Å². The van der Waals surface area contributed by atoms with Crippen LogP contribution in [-0.4, -0.2) is 22.8 Å². The van der Waals surface area contributed by atoms with Crippen LogP contribution in [0.5, 0.6) is 0 Å². The Morgan fingerprint density at radius 1 is 0.958 bits per heavy atom. The van der Waals surface area contributed by atoms with Crippen LogP contribution in [-0.2, 0) is 17.1 Å². The Bertz CT molecular complexity index is 648. The molecule has 0 aromatic heterocycles. The lowest BCUT2D eigenvalue weighted by atomic mass is 10.0. The molecule has 24 heavy (non-hydrogen) atoms. The molecule has 0 aliphatic rings. The molecular formula is C15H11F6NO2. The minimum atomic E-state index is -5.01. The zero-order valence-corrected chi connectivity index (χ0v) is 11.9. The monoisotopic (exact) mass is 351 g/mol. The van der Waals surface area contributed by atoms with Gasteiger partial charge in [-0.05, 0) is 35.9 Å². The molecule has 0 heterocycles. The molecule has 0 saturated carbocycles. The van der Waals surface area contributed by atoms with Gasteiger partial charge in [0.15, 0.2) is 5.54 Å². The third-order valence-electron chi connectivity index (χ3n) is 3.00. The summed E-state index contributed by atoms with van der Waals surface area (Å²) in [6.07, 6.45) is -7.73. The molecule has 3 nitrogen and oxygen atoms in total. The van der Waals surface area contributed by atoms with Gasteiger partial charge < -0.3 is 5.11 Å². The molecule has 0 aliphatic carbocycles. The summed E-state index contributed by atoms with van der Waals surface area (Å²) in [4.78, 5) is 14.7. The predicted molar refractivity (Wildman–Crippen MR) is 74.8 cm³/mol. The molecule has 130 valence electrons. The van der Waals surface area contributed by atoms with E-state index in [-0.39, 0.29) is 6.07 Å². The number of hydrogen-bond donors (Lipinski definition) is 1. The number of nitrogens with zero attached hydrogens (tertiary/aromatic N) is 1. The third kappa shape index (κ3) is 4.24. The molecular weight excluding hydrogens is 340 g/mol. The summed E-state index contributed by atoms with van der Waals surface area (Å²) in [5.41, 5.74) is -5.69. The van der Waals surface area contributed by atoms with E-state index in [0.717, 1.165) is 12.2 Å². The SMILES string of the molecule is C=CC(C=C)(N=Cc1cc(C(F)(F)F)cc(C(F)(F)F)c1)C(=O)O. The van der Waals surface area contributed by atoms with Crippen molar-refractivity contribution in [3.05, 3.63) is 60.2 Å². The number of alkyl halides is 6. The van der Waals surface area contributed by atoms with E-state index >= 15 is 0 Å². The zero-order valence-electron chi connectivity index (χ0n) is 11.9. The van der Waals surface area contributed by atoms with Crippen LogP contribution in [0, 0.1) is 0 Å². The van der Waals surface area contributed by atoms with E-state index in [0.29, 0.717) is 18.3 Å². The minimum absolute atomic E-state index is 0.0389. The van der Waals surface area contributed by atoms with Crippen LogP contribution in [0.4, 0.5) is 26.3 Å². The molecule has 0 atom stereocenters. The Balaban J connectivity index is 3.48. The van der Waals surface area contributed by atoms with Gasteiger partial charge in [0.2, 0.25) is 0 Å². The third-order valence-corrected chi connectivity index (χ3v) is 3.00. The van der Waals surface area contributed by atoms with Crippen molar-refractivity contribution in [2.24, 2.45) is 4.99 Å². The Morgan fingerprint density at radius 2 is 1.38 bits per heavy atom. The van der Waals surface area contributed by atoms with E-state index in [2.05, 4.69) is 18.2 Å². The van der Waals surface area contributed by atoms with Crippen molar-refractivity contribution in [3.8, 4) is 0 Å². The fraction of sp³-hybridized carbons (Fsp3) is 0.200. The first-order chi connectivity index (χ1) is 10.9. The summed E-state index contributed by atoms with van der Waals surface area (Å²) >= 11 is 0. The summed E-state index contributed by atoms with van der Waals surface area (Å²) < 4.78 is 76.4. The smallest absolute Gasteiger partial charge is 0.416 e. The fourth-order valence-electron chi connectivity index (χ4n) is 1.65. The molecule has 0 unspecified atom stereocenters. The molecule has 0 aliphatic heterocycles. The lowest BCUT2D eigenvalue weighted by Gasteiger charge is -2.16. The van der Waals surface area contributed by atoms with Gasteiger partial charge in [0.1, 0.15) is 0 Å². The van der Waals surface area contributed by atoms with Crippen molar-refractivity contribution in [2.45, 2.75) is 17.9 Å². The first-order valence-electron chi connectivity index (χ1n) is 6.21. The number of carbonyl (C=O) groups is 1. The maximum absolute atomic E-state index is 12.7. The summed E-state index contributed by atoms with van der Waals surface area (Å²) in [5, 5.41) is 9.05. The Kier molecular flexibility index (Phi) is 5.27. The van der Waals surface area contributed by atoms with Crippen molar-refractivity contribution < 1.29 is 36.2 Å². The molecule has 1 aromatic carbocycles. The van der Waals surface area contributed by atoms with Gasteiger partial charge in [-0.15, -0.1) is 0 Å². The lowest BCUT2D eigenvalue weighted by Crippen LogP contribution is -2.31. The fourth-order valence-corrected chi connectivity index (χ4v) is 1.65. The van der Waals surface area contributed by atoms with Crippen LogP contribution in [0.25, 0.3) is 0 Å². The number of rotatable bonds is 5. The van der Waals surface area contributed by atoms with E-state index in [1.807, 2.05) is 0 Å². The maximum atomic E-state index is 12.7. The average Bonchev–Trinajstić information content (AvgIpc) is 2.46. The molecule has 1 N–H and O–H groups in total. The van der Waals surface area contributed by atoms with Gasteiger partial charge in [-0.3, -0.25) is 4.99 Å². The quantitative estimate of drug-likeness (QED) is 0.487. The van der Waals surface area contributed by atoms with Gasteiger partial charge in [0, 0.05) is 6.21 Å². The molecule has 1 aromatic rings. The normalized spacial score (nSPS) is 13.1. The number of halogens is 6. The molecule has 0 spiro atoms. The van der Waals surface area contributed by atoms with Crippen molar-refractivity contribution in [2.75, 3.05) is 0 Å². The Hall–Kier alpha value is -2.58. The summed E-state index contributed by atoms with van der Waals surface area (Å²) in [6.45, 7) is 6.45. The highest BCUT2D eigenvalue weighted by atomic mass is 19.4. The van der Waals surface area contributed by atoms with Crippen LogP contribution < -0.4 is 0 Å². The minimum Gasteiger partial charge on any atom is -0.479 e. The van der Waals surface area contributed by atoms with Crippen LogP contribution in [0.3, 0.4) is 0 Å². The molecule has 9 heteroatoms. The first kappa shape index (κ1) is 19.5. The number of carboxylic acid groups (broad SMARTS) is 1. The second kappa shape index (κ2) is 6.50.